The van der Waals surface area contributed by atoms with Gasteiger partial charge in [0.05, 0.1) is 0 Å². The second kappa shape index (κ2) is 12.3. The fraction of sp³-hybridized carbons (Fsp3) is 0.136. The number of nitrogens with zero attached hydrogens (tertiary/aromatic N) is 1. The van der Waals surface area contributed by atoms with Crippen LogP contribution >= 0.6 is 11.9 Å². The summed E-state index contributed by atoms with van der Waals surface area (Å²) in [5, 5.41) is 7.91. The average molecular weight is 444 g/mol. The van der Waals surface area contributed by atoms with Crippen LogP contribution in [-0.2, 0) is 11.2 Å². The molecule has 1 amide bonds. The number of benzene rings is 1. The Balaban J connectivity index is 0.00000107. The lowest BCUT2D eigenvalue weighted by atomic mass is 10.0. The summed E-state index contributed by atoms with van der Waals surface area (Å²) in [5.41, 5.74) is 1.22. The highest BCUT2D eigenvalue weighted by molar-refractivity contribution is 7.96. The maximum absolute atomic E-state index is 13.7. The van der Waals surface area contributed by atoms with E-state index >= 15 is 0 Å². The smallest absolute Gasteiger partial charge is 0.340 e. The van der Waals surface area contributed by atoms with Gasteiger partial charge in [-0.1, -0.05) is 24.1 Å². The molecule has 7 nitrogen and oxygen atoms in total. The number of halogens is 1. The first-order chi connectivity index (χ1) is 15.0. The molecule has 0 saturated heterocycles. The van der Waals surface area contributed by atoms with Crippen molar-refractivity contribution in [3.8, 4) is 11.6 Å². The normalized spacial score (nSPS) is 10.8. The van der Waals surface area contributed by atoms with Crippen LogP contribution < -0.4 is 20.8 Å². The number of carbonyl (C=O) groups excluding carboxylic acids is 1. The zero-order chi connectivity index (χ0) is 22.6. The first kappa shape index (κ1) is 23.8. The third-order valence-corrected chi connectivity index (χ3v) is 4.03. The second-order valence-corrected chi connectivity index (χ2v) is 6.53. The quantitative estimate of drug-likeness (QED) is 0.246. The highest BCUT2D eigenvalue weighted by Crippen LogP contribution is 2.27. The van der Waals surface area contributed by atoms with Gasteiger partial charge < -0.3 is 14.5 Å². The first-order valence-corrected chi connectivity index (χ1v) is 10.4. The molecule has 0 atom stereocenters. The predicted molar refractivity (Wildman–Crippen MR) is 120 cm³/mol. The van der Waals surface area contributed by atoms with E-state index in [0.29, 0.717) is 29.7 Å². The summed E-state index contributed by atoms with van der Waals surface area (Å²) >= 11 is 1.25. The van der Waals surface area contributed by atoms with E-state index in [-0.39, 0.29) is 5.88 Å². The number of ether oxygens (including phenoxy) is 1. The van der Waals surface area contributed by atoms with Crippen molar-refractivity contribution in [1.82, 2.24) is 10.3 Å². The van der Waals surface area contributed by atoms with E-state index in [4.69, 9.17) is 14.3 Å². The maximum Gasteiger partial charge on any atom is 0.340 e. The number of rotatable bonds is 7. The van der Waals surface area contributed by atoms with Crippen LogP contribution in [0.15, 0.2) is 70.2 Å². The largest absolute Gasteiger partial charge is 0.436 e. The van der Waals surface area contributed by atoms with E-state index in [1.807, 2.05) is 13.2 Å². The van der Waals surface area contributed by atoms with Gasteiger partial charge >= 0.3 is 5.63 Å². The lowest BCUT2D eigenvalue weighted by Gasteiger charge is -2.09. The summed E-state index contributed by atoms with van der Waals surface area (Å²) in [6.45, 7) is 1.84. The Morgan fingerprint density at radius 1 is 1.32 bits per heavy atom. The standard InChI is InChI=1S/C21H17FN2O4.CH5NS/c1-14-16-9-8-15(27-20-18(22)7-5-11-24-20)12-19(16)28-21(26)17(14)6-3-2-4-10-23-13-25;1-3-2/h2-5,7-13H,6H2,1H3,(H,23,25);2H2,1H3/b3-2-,10-4-;. The Hall–Kier alpha value is -3.43. The number of nitrogens with two attached hydrogens (primary N) is 1. The van der Waals surface area contributed by atoms with Crippen molar-refractivity contribution in [2.24, 2.45) is 5.14 Å². The molecular formula is C22H22FN3O4S. The minimum absolute atomic E-state index is 0.153. The van der Waals surface area contributed by atoms with Gasteiger partial charge in [0.2, 0.25) is 6.41 Å². The van der Waals surface area contributed by atoms with Crippen molar-refractivity contribution in [3.63, 3.8) is 0 Å². The fourth-order valence-electron chi connectivity index (χ4n) is 2.65. The summed E-state index contributed by atoms with van der Waals surface area (Å²) in [6, 6.07) is 7.67. The Labute approximate surface area is 182 Å². The molecule has 9 heteroatoms. The zero-order valence-electron chi connectivity index (χ0n) is 17.0. The lowest BCUT2D eigenvalue weighted by molar-refractivity contribution is -0.108. The molecule has 2 aromatic heterocycles. The summed E-state index contributed by atoms with van der Waals surface area (Å²) in [5.74, 6) is -0.423. The number of hydrogen-bond donors (Lipinski definition) is 2. The van der Waals surface area contributed by atoms with Gasteiger partial charge in [-0.05, 0) is 55.5 Å². The molecule has 0 spiro atoms. The monoisotopic (exact) mass is 443 g/mol. The van der Waals surface area contributed by atoms with Crippen LogP contribution in [0.1, 0.15) is 11.1 Å². The lowest BCUT2D eigenvalue weighted by Crippen LogP contribution is -2.09. The minimum Gasteiger partial charge on any atom is -0.436 e. The van der Waals surface area contributed by atoms with Gasteiger partial charge in [-0.2, -0.15) is 0 Å². The highest BCUT2D eigenvalue weighted by Gasteiger charge is 2.12. The van der Waals surface area contributed by atoms with Crippen LogP contribution in [0.3, 0.4) is 0 Å². The Bertz CT molecular complexity index is 1150. The van der Waals surface area contributed by atoms with Gasteiger partial charge in [-0.15, -0.1) is 0 Å². The summed E-state index contributed by atoms with van der Waals surface area (Å²) in [6.07, 6.45) is 10.8. The van der Waals surface area contributed by atoms with Gasteiger partial charge in [0.15, 0.2) is 5.82 Å². The van der Waals surface area contributed by atoms with Gasteiger partial charge in [-0.3, -0.25) is 9.93 Å². The minimum atomic E-state index is -0.584. The van der Waals surface area contributed by atoms with Crippen molar-refractivity contribution in [2.75, 3.05) is 6.26 Å². The molecule has 0 saturated carbocycles. The highest BCUT2D eigenvalue weighted by atomic mass is 32.2. The molecule has 0 unspecified atom stereocenters. The predicted octanol–water partition coefficient (Wildman–Crippen LogP) is 4.01. The molecule has 2 heterocycles. The molecule has 0 aliphatic carbocycles. The Kier molecular flexibility index (Phi) is 9.47. The average Bonchev–Trinajstić information content (AvgIpc) is 2.74. The number of nitrogens with one attached hydrogen (secondary N) is 1. The van der Waals surface area contributed by atoms with Crippen LogP contribution in [0.2, 0.25) is 0 Å². The van der Waals surface area contributed by atoms with E-state index < -0.39 is 11.4 Å². The molecule has 31 heavy (non-hydrogen) atoms. The molecular weight excluding hydrogens is 421 g/mol. The van der Waals surface area contributed by atoms with Crippen molar-refractivity contribution >= 4 is 29.3 Å². The van der Waals surface area contributed by atoms with E-state index in [9.17, 15) is 14.0 Å². The summed E-state index contributed by atoms with van der Waals surface area (Å²) in [4.78, 5) is 26.3. The number of aryl methyl sites for hydroxylation is 1. The second-order valence-electron chi connectivity index (χ2n) is 6.06. The van der Waals surface area contributed by atoms with Crippen LogP contribution in [0, 0.1) is 12.7 Å². The molecule has 0 aliphatic heterocycles. The third-order valence-electron chi connectivity index (χ3n) is 4.03. The molecule has 0 fully saturated rings. The van der Waals surface area contributed by atoms with Gasteiger partial charge in [0.1, 0.15) is 11.3 Å². The van der Waals surface area contributed by atoms with Crippen LogP contribution in [0.4, 0.5) is 4.39 Å². The number of allylic oxidation sites excluding steroid dienone is 3. The Morgan fingerprint density at radius 2 is 2.10 bits per heavy atom. The van der Waals surface area contributed by atoms with E-state index in [1.165, 1.54) is 42.5 Å². The molecule has 0 radical (unpaired) electrons. The van der Waals surface area contributed by atoms with Gasteiger partial charge in [0, 0.05) is 29.4 Å². The molecule has 1 aromatic carbocycles. The molecule has 0 aliphatic rings. The molecule has 162 valence electrons. The van der Waals surface area contributed by atoms with Crippen molar-refractivity contribution < 1.29 is 18.3 Å². The number of amides is 1. The third kappa shape index (κ3) is 6.80. The number of pyridine rings is 1. The van der Waals surface area contributed by atoms with Gasteiger partial charge in [0.25, 0.3) is 5.88 Å². The van der Waals surface area contributed by atoms with Crippen LogP contribution in [-0.4, -0.2) is 17.6 Å². The molecule has 0 bridgehead atoms. The number of aromatic nitrogens is 1. The first-order valence-electron chi connectivity index (χ1n) is 9.10. The van der Waals surface area contributed by atoms with Crippen molar-refractivity contribution in [1.29, 1.82) is 0 Å². The number of carbonyl (C=O) groups is 1. The molecule has 3 N–H and O–H groups in total. The van der Waals surface area contributed by atoms with E-state index in [0.717, 1.165) is 10.9 Å². The van der Waals surface area contributed by atoms with E-state index in [1.54, 1.807) is 30.4 Å². The maximum atomic E-state index is 13.7. The summed E-state index contributed by atoms with van der Waals surface area (Å²) < 4.78 is 24.6. The van der Waals surface area contributed by atoms with Crippen molar-refractivity contribution in [3.05, 3.63) is 88.3 Å². The van der Waals surface area contributed by atoms with E-state index in [2.05, 4.69) is 10.3 Å². The SMILES string of the molecule is CSN.Cc1c(C/C=C\C=C/NC=O)c(=O)oc2cc(Oc3ncccc3F)ccc12. The van der Waals surface area contributed by atoms with Crippen LogP contribution in [0.25, 0.3) is 11.0 Å². The van der Waals surface area contributed by atoms with Gasteiger partial charge in [-0.25, -0.2) is 14.2 Å². The molecule has 3 rings (SSSR count). The topological polar surface area (TPSA) is 107 Å². The molecule has 3 aromatic rings. The van der Waals surface area contributed by atoms with Crippen LogP contribution in [0.5, 0.6) is 11.6 Å². The zero-order valence-corrected chi connectivity index (χ0v) is 17.8. The Morgan fingerprint density at radius 3 is 2.81 bits per heavy atom. The van der Waals surface area contributed by atoms with Crippen molar-refractivity contribution in [2.45, 2.75) is 13.3 Å². The fourth-order valence-corrected chi connectivity index (χ4v) is 2.65. The number of hydrogen-bond acceptors (Lipinski definition) is 7. The summed E-state index contributed by atoms with van der Waals surface area (Å²) in [7, 11) is 0. The number of fused-ring (bicyclic) bond motifs is 1.